The molecule has 1 aromatic heterocycles. The van der Waals surface area contributed by atoms with Gasteiger partial charge in [0.1, 0.15) is 4.34 Å². The minimum absolute atomic E-state index is 0.195. The molecule has 3 amide bonds. The maximum Gasteiger partial charge on any atom is 0.321 e. The van der Waals surface area contributed by atoms with Gasteiger partial charge in [-0.05, 0) is 0 Å². The van der Waals surface area contributed by atoms with Crippen LogP contribution in [0.25, 0.3) is 0 Å². The van der Waals surface area contributed by atoms with E-state index in [2.05, 4.69) is 15.6 Å². The van der Waals surface area contributed by atoms with Crippen molar-refractivity contribution in [3.8, 4) is 0 Å². The van der Waals surface area contributed by atoms with Crippen molar-refractivity contribution in [2.24, 2.45) is 0 Å². The molecule has 5 nitrogen and oxygen atoms in total. The van der Waals surface area contributed by atoms with Crippen LogP contribution < -0.4 is 10.6 Å². The molecule has 0 fully saturated rings. The van der Waals surface area contributed by atoms with Crippen LogP contribution in [0, 0.1) is 0 Å². The number of amides is 3. The predicted octanol–water partition coefficient (Wildman–Crippen LogP) is 0.691. The van der Waals surface area contributed by atoms with E-state index < -0.39 is 6.03 Å². The second kappa shape index (κ2) is 5.61. The number of thiazole rings is 1. The molecule has 0 unspecified atom stereocenters. The lowest BCUT2D eigenvalue weighted by molar-refractivity contribution is -0.117. The Bertz CT molecular complexity index is 313. The molecule has 0 aliphatic rings. The third kappa shape index (κ3) is 3.75. The number of imide groups is 1. The van der Waals surface area contributed by atoms with E-state index in [4.69, 9.17) is 0 Å². The van der Waals surface area contributed by atoms with E-state index in [-0.39, 0.29) is 11.7 Å². The first-order chi connectivity index (χ1) is 6.72. The van der Waals surface area contributed by atoms with E-state index in [0.29, 0.717) is 0 Å². The van der Waals surface area contributed by atoms with E-state index in [1.54, 1.807) is 6.20 Å². The molecule has 1 rings (SSSR count). The van der Waals surface area contributed by atoms with Crippen molar-refractivity contribution in [1.82, 2.24) is 15.6 Å². The van der Waals surface area contributed by atoms with Crippen LogP contribution in [0.2, 0.25) is 0 Å². The third-order valence-corrected chi connectivity index (χ3v) is 3.18. The molecule has 0 aliphatic carbocycles. The van der Waals surface area contributed by atoms with Crippen molar-refractivity contribution in [3.05, 3.63) is 11.6 Å². The number of carbonyl (C=O) groups is 2. The highest BCUT2D eigenvalue weighted by atomic mass is 32.2. The van der Waals surface area contributed by atoms with Crippen LogP contribution in [0.5, 0.6) is 0 Å². The lowest BCUT2D eigenvalue weighted by atomic mass is 10.7. The Morgan fingerprint density at radius 2 is 2.43 bits per heavy atom. The van der Waals surface area contributed by atoms with Gasteiger partial charge < -0.3 is 5.32 Å². The first-order valence-corrected chi connectivity index (χ1v) is 5.62. The molecule has 7 heteroatoms. The fourth-order valence-electron chi connectivity index (χ4n) is 0.634. The molecule has 14 heavy (non-hydrogen) atoms. The zero-order chi connectivity index (χ0) is 10.4. The van der Waals surface area contributed by atoms with Gasteiger partial charge in [-0.2, -0.15) is 0 Å². The molecule has 0 saturated heterocycles. The van der Waals surface area contributed by atoms with Crippen LogP contribution in [0.3, 0.4) is 0 Å². The summed E-state index contributed by atoms with van der Waals surface area (Å²) in [5.41, 5.74) is 0. The number of hydrogen-bond donors (Lipinski definition) is 2. The van der Waals surface area contributed by atoms with Crippen LogP contribution in [-0.2, 0) is 4.79 Å². The average Bonchev–Trinajstić information content (AvgIpc) is 2.67. The second-order valence-electron chi connectivity index (χ2n) is 2.21. The second-order valence-corrected chi connectivity index (χ2v) is 4.33. The van der Waals surface area contributed by atoms with Gasteiger partial charge in [0.2, 0.25) is 5.91 Å². The summed E-state index contributed by atoms with van der Waals surface area (Å²) >= 11 is 2.76. The fourth-order valence-corrected chi connectivity index (χ4v) is 2.07. The van der Waals surface area contributed by atoms with Crippen LogP contribution in [0.15, 0.2) is 15.9 Å². The summed E-state index contributed by atoms with van der Waals surface area (Å²) < 4.78 is 0.817. The Hall–Kier alpha value is -1.08. The van der Waals surface area contributed by atoms with Gasteiger partial charge in [-0.3, -0.25) is 10.1 Å². The molecule has 0 aliphatic heterocycles. The van der Waals surface area contributed by atoms with E-state index in [0.717, 1.165) is 4.34 Å². The summed E-state index contributed by atoms with van der Waals surface area (Å²) in [5, 5.41) is 6.29. The summed E-state index contributed by atoms with van der Waals surface area (Å²) in [6.07, 6.45) is 1.67. The number of nitrogens with zero attached hydrogens (tertiary/aromatic N) is 1. The van der Waals surface area contributed by atoms with Gasteiger partial charge in [0.05, 0.1) is 5.75 Å². The van der Waals surface area contributed by atoms with Crippen molar-refractivity contribution >= 4 is 35.0 Å². The van der Waals surface area contributed by atoms with Crippen LogP contribution >= 0.6 is 23.1 Å². The first kappa shape index (κ1) is 11.0. The largest absolute Gasteiger partial charge is 0.341 e. The minimum Gasteiger partial charge on any atom is -0.341 e. The molecule has 1 aromatic rings. The van der Waals surface area contributed by atoms with E-state index in [1.807, 2.05) is 5.38 Å². The number of carbonyl (C=O) groups excluding carboxylic acids is 2. The molecule has 1 heterocycles. The average molecular weight is 231 g/mol. The van der Waals surface area contributed by atoms with Crippen molar-refractivity contribution in [2.75, 3.05) is 12.8 Å². The number of rotatable bonds is 3. The minimum atomic E-state index is -0.491. The maximum atomic E-state index is 11.1. The monoisotopic (exact) mass is 231 g/mol. The van der Waals surface area contributed by atoms with Crippen LogP contribution in [0.4, 0.5) is 4.79 Å². The Morgan fingerprint density at radius 1 is 1.64 bits per heavy atom. The van der Waals surface area contributed by atoms with Crippen molar-refractivity contribution in [1.29, 1.82) is 0 Å². The van der Waals surface area contributed by atoms with Crippen LogP contribution in [-0.4, -0.2) is 29.7 Å². The molecule has 0 aromatic carbocycles. The highest BCUT2D eigenvalue weighted by molar-refractivity contribution is 8.01. The van der Waals surface area contributed by atoms with Gasteiger partial charge >= 0.3 is 6.03 Å². The lowest BCUT2D eigenvalue weighted by Gasteiger charge is -2.00. The SMILES string of the molecule is CNC(=O)NC(=O)CSc1nccs1. The highest BCUT2D eigenvalue weighted by Gasteiger charge is 2.06. The predicted molar refractivity (Wildman–Crippen MR) is 55.4 cm³/mol. The molecule has 0 bridgehead atoms. The Labute approximate surface area is 89.3 Å². The van der Waals surface area contributed by atoms with Gasteiger partial charge in [0, 0.05) is 18.6 Å². The molecule has 0 spiro atoms. The van der Waals surface area contributed by atoms with Gasteiger partial charge in [-0.1, -0.05) is 11.8 Å². The lowest BCUT2D eigenvalue weighted by Crippen LogP contribution is -2.38. The number of urea groups is 1. The van der Waals surface area contributed by atoms with Crippen molar-refractivity contribution in [3.63, 3.8) is 0 Å². The van der Waals surface area contributed by atoms with Crippen molar-refractivity contribution in [2.45, 2.75) is 4.34 Å². The third-order valence-electron chi connectivity index (χ3n) is 1.22. The molecular formula is C7H9N3O2S2. The van der Waals surface area contributed by atoms with Crippen molar-refractivity contribution < 1.29 is 9.59 Å². The van der Waals surface area contributed by atoms with Gasteiger partial charge in [0.15, 0.2) is 0 Å². The number of aromatic nitrogens is 1. The number of thioether (sulfide) groups is 1. The standard InChI is InChI=1S/C7H9N3O2S2/c1-8-6(12)10-5(11)4-14-7-9-2-3-13-7/h2-3H,4H2,1H3,(H2,8,10,11,12). The number of hydrogen-bond acceptors (Lipinski definition) is 5. The quantitative estimate of drug-likeness (QED) is 0.751. The molecule has 0 radical (unpaired) electrons. The van der Waals surface area contributed by atoms with Gasteiger partial charge in [0.25, 0.3) is 0 Å². The van der Waals surface area contributed by atoms with Gasteiger partial charge in [-0.25, -0.2) is 9.78 Å². The smallest absolute Gasteiger partial charge is 0.321 e. The summed E-state index contributed by atoms with van der Waals surface area (Å²) in [5.74, 6) is -0.134. The van der Waals surface area contributed by atoms with E-state index in [1.165, 1.54) is 30.1 Å². The summed E-state index contributed by atoms with van der Waals surface area (Å²) in [4.78, 5) is 25.8. The topological polar surface area (TPSA) is 71.1 Å². The summed E-state index contributed by atoms with van der Waals surface area (Å²) in [6.45, 7) is 0. The zero-order valence-electron chi connectivity index (χ0n) is 7.44. The summed E-state index contributed by atoms with van der Waals surface area (Å²) in [6, 6.07) is -0.491. The Kier molecular flexibility index (Phi) is 4.41. The van der Waals surface area contributed by atoms with E-state index in [9.17, 15) is 9.59 Å². The molecule has 0 saturated carbocycles. The van der Waals surface area contributed by atoms with E-state index >= 15 is 0 Å². The number of nitrogens with one attached hydrogen (secondary N) is 2. The highest BCUT2D eigenvalue weighted by Crippen LogP contribution is 2.19. The zero-order valence-corrected chi connectivity index (χ0v) is 9.08. The maximum absolute atomic E-state index is 11.1. The molecular weight excluding hydrogens is 222 g/mol. The Morgan fingerprint density at radius 3 is 3.00 bits per heavy atom. The Balaban J connectivity index is 2.25. The van der Waals surface area contributed by atoms with Gasteiger partial charge in [-0.15, -0.1) is 11.3 Å². The molecule has 76 valence electrons. The fraction of sp³-hybridized carbons (Fsp3) is 0.286. The van der Waals surface area contributed by atoms with Crippen LogP contribution in [0.1, 0.15) is 0 Å². The first-order valence-electron chi connectivity index (χ1n) is 3.76. The molecule has 0 atom stereocenters. The molecule has 2 N–H and O–H groups in total. The summed E-state index contributed by atoms with van der Waals surface area (Å²) in [7, 11) is 1.45. The normalized spacial score (nSPS) is 9.50.